The molecule has 1 amide bonds. The van der Waals surface area contributed by atoms with Crippen LogP contribution >= 0.6 is 0 Å². The molecule has 2 atom stereocenters. The predicted molar refractivity (Wildman–Crippen MR) is 96.1 cm³/mol. The summed E-state index contributed by atoms with van der Waals surface area (Å²) >= 11 is 0. The van der Waals surface area contributed by atoms with Crippen LogP contribution in [0.25, 0.3) is 0 Å². The number of rotatable bonds is 6. The molecule has 1 N–H and O–H groups in total. The first kappa shape index (κ1) is 17.5. The van der Waals surface area contributed by atoms with Crippen molar-refractivity contribution >= 4 is 6.09 Å². The van der Waals surface area contributed by atoms with E-state index in [0.29, 0.717) is 13.1 Å². The van der Waals surface area contributed by atoms with Gasteiger partial charge >= 0.3 is 6.09 Å². The Morgan fingerprint density at radius 2 is 1.68 bits per heavy atom. The van der Waals surface area contributed by atoms with Crippen molar-refractivity contribution in [2.24, 2.45) is 0 Å². The highest BCUT2D eigenvalue weighted by molar-refractivity contribution is 5.68. The third-order valence-electron chi connectivity index (χ3n) is 4.47. The number of amides is 1. The molecule has 1 aliphatic heterocycles. The zero-order valence-corrected chi connectivity index (χ0v) is 14.4. The van der Waals surface area contributed by atoms with E-state index in [1.807, 2.05) is 60.7 Å². The lowest BCUT2D eigenvalue weighted by Gasteiger charge is -2.31. The Balaban J connectivity index is 1.71. The smallest absolute Gasteiger partial charge is 0.410 e. The highest BCUT2D eigenvalue weighted by Crippen LogP contribution is 2.18. The fourth-order valence-corrected chi connectivity index (χ4v) is 3.09. The molecule has 2 aromatic rings. The van der Waals surface area contributed by atoms with Gasteiger partial charge < -0.3 is 14.8 Å². The van der Waals surface area contributed by atoms with Gasteiger partial charge in [0.05, 0.1) is 12.1 Å². The van der Waals surface area contributed by atoms with Gasteiger partial charge in [-0.2, -0.15) is 0 Å². The molecule has 0 aromatic heterocycles. The van der Waals surface area contributed by atoms with Crippen LogP contribution in [0.15, 0.2) is 60.7 Å². The molecular weight excluding hydrogens is 316 g/mol. The molecule has 1 aliphatic rings. The van der Waals surface area contributed by atoms with E-state index in [-0.39, 0.29) is 24.8 Å². The second-order valence-corrected chi connectivity index (χ2v) is 6.15. The molecule has 3 rings (SSSR count). The molecule has 5 heteroatoms. The first-order chi connectivity index (χ1) is 12.3. The third kappa shape index (κ3) is 4.59. The minimum Gasteiger partial charge on any atom is -0.445 e. The topological polar surface area (TPSA) is 50.8 Å². The Hall–Kier alpha value is -2.37. The minimum atomic E-state index is -0.316. The largest absolute Gasteiger partial charge is 0.445 e. The quantitative estimate of drug-likeness (QED) is 0.878. The lowest BCUT2D eigenvalue weighted by molar-refractivity contribution is 0.0269. The fraction of sp³-hybridized carbons (Fsp3) is 0.350. The lowest BCUT2D eigenvalue weighted by Crippen LogP contribution is -2.47. The second-order valence-electron chi connectivity index (χ2n) is 6.15. The van der Waals surface area contributed by atoms with E-state index in [2.05, 4.69) is 5.32 Å². The second kappa shape index (κ2) is 8.65. The standard InChI is InChI=1S/C20H24N2O3/c1-24-19-13-21-12-18(19)22(14-16-8-4-2-5-9-16)20(23)25-15-17-10-6-3-7-11-17/h2-11,18-19,21H,12-15H2,1H3/t18-,19-/m1/s1. The van der Waals surface area contributed by atoms with Crippen molar-refractivity contribution in [1.82, 2.24) is 10.2 Å². The van der Waals surface area contributed by atoms with Crippen molar-refractivity contribution in [3.8, 4) is 0 Å². The number of methoxy groups -OCH3 is 1. The first-order valence-electron chi connectivity index (χ1n) is 8.52. The molecule has 0 spiro atoms. The van der Waals surface area contributed by atoms with Crippen molar-refractivity contribution in [2.45, 2.75) is 25.3 Å². The number of carbonyl (C=O) groups excluding carboxylic acids is 1. The van der Waals surface area contributed by atoms with Crippen molar-refractivity contribution < 1.29 is 14.3 Å². The Morgan fingerprint density at radius 3 is 2.32 bits per heavy atom. The Kier molecular flexibility index (Phi) is 6.04. The van der Waals surface area contributed by atoms with E-state index in [9.17, 15) is 4.79 Å². The molecule has 1 heterocycles. The normalized spacial score (nSPS) is 19.6. The number of hydrogen-bond donors (Lipinski definition) is 1. The summed E-state index contributed by atoms with van der Waals surface area (Å²) in [6, 6.07) is 19.6. The first-order valence-corrected chi connectivity index (χ1v) is 8.52. The third-order valence-corrected chi connectivity index (χ3v) is 4.47. The summed E-state index contributed by atoms with van der Waals surface area (Å²) in [7, 11) is 1.68. The van der Waals surface area contributed by atoms with Gasteiger partial charge in [0, 0.05) is 26.7 Å². The van der Waals surface area contributed by atoms with E-state index < -0.39 is 0 Å². The van der Waals surface area contributed by atoms with Crippen molar-refractivity contribution in [3.05, 3.63) is 71.8 Å². The average molecular weight is 340 g/mol. The highest BCUT2D eigenvalue weighted by atomic mass is 16.6. The van der Waals surface area contributed by atoms with Crippen molar-refractivity contribution in [2.75, 3.05) is 20.2 Å². The van der Waals surface area contributed by atoms with Gasteiger partial charge in [0.25, 0.3) is 0 Å². The van der Waals surface area contributed by atoms with Crippen LogP contribution in [0, 0.1) is 0 Å². The molecule has 2 aromatic carbocycles. The maximum absolute atomic E-state index is 12.8. The summed E-state index contributed by atoms with van der Waals surface area (Å²) in [4.78, 5) is 14.6. The Morgan fingerprint density at radius 1 is 1.04 bits per heavy atom. The molecule has 0 unspecified atom stereocenters. The molecule has 0 radical (unpaired) electrons. The van der Waals surface area contributed by atoms with Gasteiger partial charge in [0.1, 0.15) is 6.61 Å². The van der Waals surface area contributed by atoms with Gasteiger partial charge in [-0.25, -0.2) is 4.79 Å². The molecule has 0 bridgehead atoms. The number of ether oxygens (including phenoxy) is 2. The molecule has 25 heavy (non-hydrogen) atoms. The van der Waals surface area contributed by atoms with E-state index >= 15 is 0 Å². The van der Waals surface area contributed by atoms with Gasteiger partial charge in [-0.1, -0.05) is 60.7 Å². The molecule has 5 nitrogen and oxygen atoms in total. The monoisotopic (exact) mass is 340 g/mol. The van der Waals surface area contributed by atoms with E-state index in [1.54, 1.807) is 12.0 Å². The van der Waals surface area contributed by atoms with Gasteiger partial charge in [-0.05, 0) is 11.1 Å². The Bertz CT molecular complexity index is 663. The predicted octanol–water partition coefficient (Wildman–Crippen LogP) is 2.81. The number of benzene rings is 2. The van der Waals surface area contributed by atoms with Gasteiger partial charge in [-0.3, -0.25) is 4.90 Å². The van der Waals surface area contributed by atoms with E-state index in [0.717, 1.165) is 17.7 Å². The summed E-state index contributed by atoms with van der Waals surface area (Å²) in [6.07, 6.45) is -0.351. The van der Waals surface area contributed by atoms with Crippen LogP contribution in [0.1, 0.15) is 11.1 Å². The van der Waals surface area contributed by atoms with Gasteiger partial charge in [0.15, 0.2) is 0 Å². The molecule has 1 saturated heterocycles. The Labute approximate surface area is 148 Å². The molecular formula is C20H24N2O3. The van der Waals surface area contributed by atoms with Gasteiger partial charge in [0.2, 0.25) is 0 Å². The zero-order chi connectivity index (χ0) is 17.5. The van der Waals surface area contributed by atoms with Crippen LogP contribution in [-0.4, -0.2) is 43.3 Å². The summed E-state index contributed by atoms with van der Waals surface area (Å²) < 4.78 is 11.1. The lowest BCUT2D eigenvalue weighted by atomic mass is 10.1. The van der Waals surface area contributed by atoms with Crippen molar-refractivity contribution in [3.63, 3.8) is 0 Å². The molecule has 0 aliphatic carbocycles. The van der Waals surface area contributed by atoms with E-state index in [4.69, 9.17) is 9.47 Å². The van der Waals surface area contributed by atoms with Crippen LogP contribution in [0.4, 0.5) is 4.79 Å². The average Bonchev–Trinajstić information content (AvgIpc) is 3.14. The van der Waals surface area contributed by atoms with Crippen LogP contribution in [0.3, 0.4) is 0 Å². The summed E-state index contributed by atoms with van der Waals surface area (Å²) in [5, 5.41) is 3.29. The molecule has 132 valence electrons. The van der Waals surface area contributed by atoms with Crippen LogP contribution in [0.5, 0.6) is 0 Å². The minimum absolute atomic E-state index is 0.0343. The number of nitrogens with one attached hydrogen (secondary N) is 1. The zero-order valence-electron chi connectivity index (χ0n) is 14.4. The van der Waals surface area contributed by atoms with Crippen molar-refractivity contribution in [1.29, 1.82) is 0 Å². The van der Waals surface area contributed by atoms with Crippen LogP contribution in [-0.2, 0) is 22.6 Å². The van der Waals surface area contributed by atoms with Gasteiger partial charge in [-0.15, -0.1) is 0 Å². The molecule has 1 fully saturated rings. The number of nitrogens with zero attached hydrogens (tertiary/aromatic N) is 1. The summed E-state index contributed by atoms with van der Waals surface area (Å²) in [6.45, 7) is 2.20. The SMILES string of the molecule is CO[C@@H]1CNC[C@H]1N(Cc1ccccc1)C(=O)OCc1ccccc1. The molecule has 0 saturated carbocycles. The summed E-state index contributed by atoms with van der Waals surface area (Å²) in [5.41, 5.74) is 2.05. The fourth-order valence-electron chi connectivity index (χ4n) is 3.09. The van der Waals surface area contributed by atoms with Crippen LogP contribution in [0.2, 0.25) is 0 Å². The number of carbonyl (C=O) groups is 1. The number of hydrogen-bond acceptors (Lipinski definition) is 4. The maximum atomic E-state index is 12.8. The van der Waals surface area contributed by atoms with E-state index in [1.165, 1.54) is 0 Å². The maximum Gasteiger partial charge on any atom is 0.410 e. The summed E-state index contributed by atoms with van der Waals surface area (Å²) in [5.74, 6) is 0. The van der Waals surface area contributed by atoms with Crippen LogP contribution < -0.4 is 5.32 Å². The highest BCUT2D eigenvalue weighted by Gasteiger charge is 2.35.